The highest BCUT2D eigenvalue weighted by atomic mass is 32.2. The molecule has 11 heteroatoms. The Morgan fingerprint density at radius 3 is 2.35 bits per heavy atom. The second-order valence-electron chi connectivity index (χ2n) is 8.99. The van der Waals surface area contributed by atoms with Crippen molar-refractivity contribution in [3.05, 3.63) is 36.0 Å². The summed E-state index contributed by atoms with van der Waals surface area (Å²) in [7, 11) is -3.14. The molecule has 4 rings (SSSR count). The molecule has 1 saturated heterocycles. The molecule has 2 heterocycles. The minimum atomic E-state index is -3.14. The Hall–Kier alpha value is -2.92. The Bertz CT molecular complexity index is 1120. The van der Waals surface area contributed by atoms with E-state index in [1.165, 1.54) is 6.20 Å². The summed E-state index contributed by atoms with van der Waals surface area (Å²) < 4.78 is 25.7. The first kappa shape index (κ1) is 24.2. The lowest BCUT2D eigenvalue weighted by atomic mass is 10.2. The Balaban J connectivity index is 1.46. The number of sulfonamides is 1. The Kier molecular flexibility index (Phi) is 6.94. The van der Waals surface area contributed by atoms with E-state index >= 15 is 0 Å². The summed E-state index contributed by atoms with van der Waals surface area (Å²) >= 11 is 0. The smallest absolute Gasteiger partial charge is 0.254 e. The zero-order valence-electron chi connectivity index (χ0n) is 19.9. The molecule has 0 spiro atoms. The van der Waals surface area contributed by atoms with E-state index < -0.39 is 15.9 Å². The highest BCUT2D eigenvalue weighted by Crippen LogP contribution is 2.34. The first-order chi connectivity index (χ1) is 16.2. The standard InChI is InChI=1S/C23H33N7O3S/c1-4-34(32,33)29-13-11-28(12-14-29)18-7-5-17(6-8-18)26-23-25-15-20(21(24)31)22(27-23)30(16(2)3)19-9-10-19/h5-8,15-16,19H,4,9-14H2,1-3H3,(H2,24,31)(H,25,26,27). The predicted molar refractivity (Wildman–Crippen MR) is 134 cm³/mol. The number of hydrogen-bond donors (Lipinski definition) is 2. The third-order valence-electron chi connectivity index (χ3n) is 6.26. The molecular weight excluding hydrogens is 454 g/mol. The van der Waals surface area contributed by atoms with E-state index in [0.29, 0.717) is 49.6 Å². The fraction of sp³-hybridized carbons (Fsp3) is 0.522. The number of anilines is 4. The maximum absolute atomic E-state index is 12.1. The largest absolute Gasteiger partial charge is 0.369 e. The van der Waals surface area contributed by atoms with E-state index in [0.717, 1.165) is 24.2 Å². The van der Waals surface area contributed by atoms with Crippen LogP contribution in [0.2, 0.25) is 0 Å². The highest BCUT2D eigenvalue weighted by molar-refractivity contribution is 7.89. The fourth-order valence-corrected chi connectivity index (χ4v) is 5.37. The average Bonchev–Trinajstić information content (AvgIpc) is 3.64. The van der Waals surface area contributed by atoms with Crippen LogP contribution in [0.1, 0.15) is 44.0 Å². The van der Waals surface area contributed by atoms with Crippen LogP contribution in [0.5, 0.6) is 0 Å². The maximum atomic E-state index is 12.1. The Morgan fingerprint density at radius 1 is 1.18 bits per heavy atom. The Morgan fingerprint density at radius 2 is 1.82 bits per heavy atom. The topological polar surface area (TPSA) is 125 Å². The monoisotopic (exact) mass is 487 g/mol. The SMILES string of the molecule is CCS(=O)(=O)N1CCN(c2ccc(Nc3ncc(C(N)=O)c(N(C(C)C)C4CC4)n3)cc2)CC1. The van der Waals surface area contributed by atoms with Crippen molar-refractivity contribution in [1.82, 2.24) is 14.3 Å². The van der Waals surface area contributed by atoms with Crippen LogP contribution in [0.25, 0.3) is 0 Å². The highest BCUT2D eigenvalue weighted by Gasteiger charge is 2.34. The van der Waals surface area contributed by atoms with Crippen molar-refractivity contribution in [2.24, 2.45) is 5.73 Å². The van der Waals surface area contributed by atoms with Gasteiger partial charge in [-0.15, -0.1) is 0 Å². The van der Waals surface area contributed by atoms with Gasteiger partial charge in [0.2, 0.25) is 16.0 Å². The molecule has 2 aromatic rings. The van der Waals surface area contributed by atoms with Crippen LogP contribution in [0.15, 0.2) is 30.5 Å². The molecule has 1 aliphatic heterocycles. The minimum Gasteiger partial charge on any atom is -0.369 e. The predicted octanol–water partition coefficient (Wildman–Crippen LogP) is 2.17. The number of carbonyl (C=O) groups excluding carboxylic acids is 1. The molecule has 1 aromatic heterocycles. The van der Waals surface area contributed by atoms with Gasteiger partial charge < -0.3 is 20.9 Å². The van der Waals surface area contributed by atoms with Crippen molar-refractivity contribution in [2.45, 2.75) is 45.7 Å². The van der Waals surface area contributed by atoms with Crippen LogP contribution in [0, 0.1) is 0 Å². The van der Waals surface area contributed by atoms with Crippen molar-refractivity contribution in [3.8, 4) is 0 Å². The zero-order chi connectivity index (χ0) is 24.5. The number of nitrogens with zero attached hydrogens (tertiary/aromatic N) is 5. The van der Waals surface area contributed by atoms with Gasteiger partial charge in [-0.3, -0.25) is 4.79 Å². The van der Waals surface area contributed by atoms with Gasteiger partial charge in [0, 0.05) is 55.8 Å². The number of nitrogens with two attached hydrogens (primary N) is 1. The van der Waals surface area contributed by atoms with Gasteiger partial charge in [-0.1, -0.05) is 0 Å². The number of piperazine rings is 1. The van der Waals surface area contributed by atoms with E-state index in [1.54, 1.807) is 11.2 Å². The van der Waals surface area contributed by atoms with Crippen LogP contribution >= 0.6 is 0 Å². The van der Waals surface area contributed by atoms with Crippen LogP contribution in [0.3, 0.4) is 0 Å². The number of primary amides is 1. The first-order valence-electron chi connectivity index (χ1n) is 11.7. The molecular formula is C23H33N7O3S. The van der Waals surface area contributed by atoms with Crippen molar-refractivity contribution in [2.75, 3.05) is 47.0 Å². The molecule has 1 amide bonds. The van der Waals surface area contributed by atoms with E-state index in [2.05, 4.69) is 38.9 Å². The van der Waals surface area contributed by atoms with Crippen molar-refractivity contribution < 1.29 is 13.2 Å². The number of aromatic nitrogens is 2. The number of nitrogens with one attached hydrogen (secondary N) is 1. The lowest BCUT2D eigenvalue weighted by molar-refractivity contribution is 0.1000. The quantitative estimate of drug-likeness (QED) is 0.551. The van der Waals surface area contributed by atoms with Crippen molar-refractivity contribution in [3.63, 3.8) is 0 Å². The van der Waals surface area contributed by atoms with Gasteiger partial charge >= 0.3 is 0 Å². The molecule has 1 aromatic carbocycles. The van der Waals surface area contributed by atoms with Crippen LogP contribution in [-0.2, 0) is 10.0 Å². The molecule has 0 unspecified atom stereocenters. The van der Waals surface area contributed by atoms with Crippen LogP contribution < -0.4 is 20.9 Å². The van der Waals surface area contributed by atoms with Gasteiger partial charge in [-0.2, -0.15) is 9.29 Å². The number of amides is 1. The summed E-state index contributed by atoms with van der Waals surface area (Å²) in [5.74, 6) is 0.563. The molecule has 3 N–H and O–H groups in total. The number of carbonyl (C=O) groups is 1. The average molecular weight is 488 g/mol. The number of benzene rings is 1. The molecule has 2 fully saturated rings. The molecule has 1 aliphatic carbocycles. The van der Waals surface area contributed by atoms with Gasteiger partial charge in [0.15, 0.2) is 0 Å². The summed E-state index contributed by atoms with van der Waals surface area (Å²) in [5.41, 5.74) is 7.77. The number of rotatable bonds is 9. The van der Waals surface area contributed by atoms with Crippen molar-refractivity contribution in [1.29, 1.82) is 0 Å². The first-order valence-corrected chi connectivity index (χ1v) is 13.4. The second kappa shape index (κ2) is 9.75. The minimum absolute atomic E-state index is 0.132. The van der Waals surface area contributed by atoms with E-state index in [9.17, 15) is 13.2 Å². The van der Waals surface area contributed by atoms with Crippen molar-refractivity contribution >= 4 is 39.1 Å². The molecule has 0 atom stereocenters. The summed E-state index contributed by atoms with van der Waals surface area (Å²) in [6.07, 6.45) is 3.63. The molecule has 0 bridgehead atoms. The summed E-state index contributed by atoms with van der Waals surface area (Å²) in [6, 6.07) is 8.42. The van der Waals surface area contributed by atoms with E-state index in [-0.39, 0.29) is 11.8 Å². The summed E-state index contributed by atoms with van der Waals surface area (Å²) in [6.45, 7) is 8.12. The van der Waals surface area contributed by atoms with Gasteiger partial charge in [0.1, 0.15) is 11.4 Å². The number of hydrogen-bond acceptors (Lipinski definition) is 8. The molecule has 10 nitrogen and oxygen atoms in total. The van der Waals surface area contributed by atoms with Gasteiger partial charge in [0.05, 0.1) is 5.75 Å². The lowest BCUT2D eigenvalue weighted by Gasteiger charge is -2.35. The van der Waals surface area contributed by atoms with E-state index in [1.807, 2.05) is 24.3 Å². The van der Waals surface area contributed by atoms with Crippen LogP contribution in [-0.4, -0.2) is 72.6 Å². The van der Waals surface area contributed by atoms with Crippen LogP contribution in [0.4, 0.5) is 23.1 Å². The molecule has 0 radical (unpaired) electrons. The van der Waals surface area contributed by atoms with Gasteiger partial charge in [0.25, 0.3) is 5.91 Å². The van der Waals surface area contributed by atoms with E-state index in [4.69, 9.17) is 5.73 Å². The Labute approximate surface area is 201 Å². The molecule has 184 valence electrons. The second-order valence-corrected chi connectivity index (χ2v) is 11.2. The third-order valence-corrected chi connectivity index (χ3v) is 8.14. The maximum Gasteiger partial charge on any atom is 0.254 e. The zero-order valence-corrected chi connectivity index (χ0v) is 20.8. The summed E-state index contributed by atoms with van der Waals surface area (Å²) in [4.78, 5) is 25.3. The lowest BCUT2D eigenvalue weighted by Crippen LogP contribution is -2.49. The molecule has 1 saturated carbocycles. The fourth-order valence-electron chi connectivity index (χ4n) is 4.29. The third kappa shape index (κ3) is 5.25. The molecule has 34 heavy (non-hydrogen) atoms. The molecule has 2 aliphatic rings. The van der Waals surface area contributed by atoms with Gasteiger partial charge in [-0.05, 0) is 57.9 Å². The summed E-state index contributed by atoms with van der Waals surface area (Å²) in [5, 5.41) is 3.22. The van der Waals surface area contributed by atoms with Gasteiger partial charge in [-0.25, -0.2) is 13.4 Å². The normalized spacial score (nSPS) is 17.1.